The molecule has 3 aromatic rings. The summed E-state index contributed by atoms with van der Waals surface area (Å²) in [4.78, 5) is 25.6. The van der Waals surface area contributed by atoms with Gasteiger partial charge in [0.25, 0.3) is 5.56 Å². The number of aryl methyl sites for hydroxylation is 1. The molecule has 3 rings (SSSR count). The van der Waals surface area contributed by atoms with Gasteiger partial charge in [0.1, 0.15) is 0 Å². The highest BCUT2D eigenvalue weighted by Gasteiger charge is 2.09. The molecule has 6 heteroatoms. The van der Waals surface area contributed by atoms with Crippen LogP contribution >= 0.6 is 11.3 Å². The van der Waals surface area contributed by atoms with Crippen molar-refractivity contribution in [3.05, 3.63) is 50.7 Å². The molecule has 0 saturated heterocycles. The molecule has 0 atom stereocenters. The third kappa shape index (κ3) is 2.42. The number of thiazole rings is 1. The first-order chi connectivity index (χ1) is 9.63. The van der Waals surface area contributed by atoms with E-state index >= 15 is 0 Å². The Hall–Kier alpha value is -2.21. The Morgan fingerprint density at radius 3 is 2.85 bits per heavy atom. The van der Waals surface area contributed by atoms with Crippen LogP contribution in [-0.2, 0) is 6.54 Å². The Morgan fingerprint density at radius 1 is 1.30 bits per heavy atom. The van der Waals surface area contributed by atoms with E-state index < -0.39 is 0 Å². The van der Waals surface area contributed by atoms with Gasteiger partial charge in [0.15, 0.2) is 0 Å². The summed E-state index contributed by atoms with van der Waals surface area (Å²) in [6.07, 6.45) is 0. The number of benzene rings is 1. The number of nitrogens with one attached hydrogen (secondary N) is 1. The Bertz CT molecular complexity index is 808. The van der Waals surface area contributed by atoms with E-state index in [4.69, 9.17) is 0 Å². The van der Waals surface area contributed by atoms with E-state index in [0.29, 0.717) is 23.4 Å². The van der Waals surface area contributed by atoms with E-state index in [1.807, 2.05) is 42.5 Å². The number of fused-ring (bicyclic) bond motifs is 1. The fourth-order valence-corrected chi connectivity index (χ4v) is 2.66. The smallest absolute Gasteiger partial charge is 0.260 e. The van der Waals surface area contributed by atoms with Crippen LogP contribution in [0.25, 0.3) is 10.9 Å². The lowest BCUT2D eigenvalue weighted by atomic mass is 10.2. The number of anilines is 1. The van der Waals surface area contributed by atoms with Crippen LogP contribution in [0, 0.1) is 6.92 Å². The Balaban J connectivity index is 1.95. The predicted molar refractivity (Wildman–Crippen MR) is 81.3 cm³/mol. The van der Waals surface area contributed by atoms with E-state index in [1.54, 1.807) is 17.4 Å². The van der Waals surface area contributed by atoms with E-state index in [1.165, 1.54) is 0 Å². The minimum absolute atomic E-state index is 0.119. The number of hydrogen-bond acceptors (Lipinski definition) is 5. The number of hydrogen-bond donors (Lipinski definition) is 1. The molecular formula is C14H14N4OS. The minimum atomic E-state index is -0.119. The molecule has 102 valence electrons. The SMILES string of the molecule is Cc1nc(CN(C)c2nc3ccccc3c(=O)[nH]2)cs1. The molecule has 1 aromatic carbocycles. The summed E-state index contributed by atoms with van der Waals surface area (Å²) < 4.78 is 0. The number of aromatic amines is 1. The Labute approximate surface area is 119 Å². The van der Waals surface area contributed by atoms with Crippen molar-refractivity contribution in [2.75, 3.05) is 11.9 Å². The lowest BCUT2D eigenvalue weighted by Gasteiger charge is -2.16. The molecule has 0 aliphatic carbocycles. The van der Waals surface area contributed by atoms with Gasteiger partial charge in [-0.2, -0.15) is 0 Å². The summed E-state index contributed by atoms with van der Waals surface area (Å²) in [7, 11) is 1.89. The second kappa shape index (κ2) is 5.05. The second-order valence-electron chi connectivity index (χ2n) is 4.62. The monoisotopic (exact) mass is 286 g/mol. The number of para-hydroxylation sites is 1. The molecule has 0 amide bonds. The summed E-state index contributed by atoms with van der Waals surface area (Å²) in [5, 5.41) is 3.66. The highest BCUT2D eigenvalue weighted by Crippen LogP contribution is 2.14. The molecule has 0 aliphatic heterocycles. The summed E-state index contributed by atoms with van der Waals surface area (Å²) in [6.45, 7) is 2.59. The van der Waals surface area contributed by atoms with Gasteiger partial charge in [-0.1, -0.05) is 12.1 Å². The largest absolute Gasteiger partial charge is 0.339 e. The average molecular weight is 286 g/mol. The summed E-state index contributed by atoms with van der Waals surface area (Å²) >= 11 is 1.62. The zero-order valence-electron chi connectivity index (χ0n) is 11.3. The van der Waals surface area contributed by atoms with Gasteiger partial charge in [0.05, 0.1) is 28.1 Å². The highest BCUT2D eigenvalue weighted by atomic mass is 32.1. The first-order valence-corrected chi connectivity index (χ1v) is 7.12. The van der Waals surface area contributed by atoms with Crippen LogP contribution in [-0.4, -0.2) is 22.0 Å². The zero-order chi connectivity index (χ0) is 14.1. The molecule has 0 radical (unpaired) electrons. The van der Waals surface area contributed by atoms with Gasteiger partial charge in [0, 0.05) is 12.4 Å². The van der Waals surface area contributed by atoms with Crippen LogP contribution in [0.15, 0.2) is 34.4 Å². The van der Waals surface area contributed by atoms with E-state index in [9.17, 15) is 4.79 Å². The highest BCUT2D eigenvalue weighted by molar-refractivity contribution is 7.09. The van der Waals surface area contributed by atoms with Crippen molar-refractivity contribution < 1.29 is 0 Å². The van der Waals surface area contributed by atoms with Gasteiger partial charge in [-0.15, -0.1) is 11.3 Å². The second-order valence-corrected chi connectivity index (χ2v) is 5.68. The van der Waals surface area contributed by atoms with Gasteiger partial charge >= 0.3 is 0 Å². The van der Waals surface area contributed by atoms with Crippen molar-refractivity contribution in [3.63, 3.8) is 0 Å². The molecule has 0 spiro atoms. The molecule has 0 saturated carbocycles. The molecule has 0 unspecified atom stereocenters. The summed E-state index contributed by atoms with van der Waals surface area (Å²) in [5.41, 5.74) is 1.56. The van der Waals surface area contributed by atoms with Crippen LogP contribution in [0.1, 0.15) is 10.7 Å². The van der Waals surface area contributed by atoms with Gasteiger partial charge in [-0.05, 0) is 19.1 Å². The van der Waals surface area contributed by atoms with Gasteiger partial charge in [-0.3, -0.25) is 9.78 Å². The molecular weight excluding hydrogens is 272 g/mol. The number of nitrogens with zero attached hydrogens (tertiary/aromatic N) is 3. The predicted octanol–water partition coefficient (Wildman–Crippen LogP) is 2.32. The minimum Gasteiger partial charge on any atom is -0.339 e. The maximum absolute atomic E-state index is 12.0. The first-order valence-electron chi connectivity index (χ1n) is 6.25. The molecule has 0 bridgehead atoms. The van der Waals surface area contributed by atoms with Crippen molar-refractivity contribution in [1.29, 1.82) is 0 Å². The van der Waals surface area contributed by atoms with Crippen molar-refractivity contribution >= 4 is 28.2 Å². The maximum atomic E-state index is 12.0. The molecule has 2 heterocycles. The number of H-pyrrole nitrogens is 1. The maximum Gasteiger partial charge on any atom is 0.260 e. The third-order valence-electron chi connectivity index (χ3n) is 3.03. The third-order valence-corrected chi connectivity index (χ3v) is 3.85. The van der Waals surface area contributed by atoms with Crippen LogP contribution in [0.4, 0.5) is 5.95 Å². The van der Waals surface area contributed by atoms with Crippen molar-refractivity contribution in [2.24, 2.45) is 0 Å². The normalized spacial score (nSPS) is 10.9. The molecule has 20 heavy (non-hydrogen) atoms. The number of rotatable bonds is 3. The Morgan fingerprint density at radius 2 is 2.10 bits per heavy atom. The summed E-state index contributed by atoms with van der Waals surface area (Å²) in [6, 6.07) is 7.33. The molecule has 1 N–H and O–H groups in total. The fourth-order valence-electron chi connectivity index (χ4n) is 2.05. The average Bonchev–Trinajstić information content (AvgIpc) is 2.84. The van der Waals surface area contributed by atoms with E-state index in [0.717, 1.165) is 10.7 Å². The quantitative estimate of drug-likeness (QED) is 0.802. The van der Waals surface area contributed by atoms with E-state index in [-0.39, 0.29) is 5.56 Å². The van der Waals surface area contributed by atoms with Crippen LogP contribution in [0.2, 0.25) is 0 Å². The topological polar surface area (TPSA) is 61.9 Å². The number of aromatic nitrogens is 3. The lowest BCUT2D eigenvalue weighted by Crippen LogP contribution is -2.23. The van der Waals surface area contributed by atoms with Gasteiger partial charge < -0.3 is 4.90 Å². The molecule has 2 aromatic heterocycles. The Kier molecular flexibility index (Phi) is 3.23. The molecule has 0 aliphatic rings. The zero-order valence-corrected chi connectivity index (χ0v) is 12.1. The summed E-state index contributed by atoms with van der Waals surface area (Å²) in [5.74, 6) is 0.555. The molecule has 0 fully saturated rings. The first kappa shape index (κ1) is 12.8. The van der Waals surface area contributed by atoms with E-state index in [2.05, 4.69) is 15.0 Å². The van der Waals surface area contributed by atoms with Crippen LogP contribution < -0.4 is 10.5 Å². The lowest BCUT2D eigenvalue weighted by molar-refractivity contribution is 0.846. The standard InChI is InChI=1S/C14H14N4OS/c1-9-15-10(8-20-9)7-18(2)14-16-12-6-4-3-5-11(12)13(19)17-14/h3-6,8H,7H2,1-2H3,(H,16,17,19). The van der Waals surface area contributed by atoms with Gasteiger partial charge in [0.2, 0.25) is 5.95 Å². The van der Waals surface area contributed by atoms with Crippen molar-refractivity contribution in [2.45, 2.75) is 13.5 Å². The molecule has 5 nitrogen and oxygen atoms in total. The van der Waals surface area contributed by atoms with Crippen LogP contribution in [0.5, 0.6) is 0 Å². The van der Waals surface area contributed by atoms with Crippen molar-refractivity contribution in [1.82, 2.24) is 15.0 Å². The van der Waals surface area contributed by atoms with Crippen LogP contribution in [0.3, 0.4) is 0 Å². The fraction of sp³-hybridized carbons (Fsp3) is 0.214. The van der Waals surface area contributed by atoms with Crippen molar-refractivity contribution in [3.8, 4) is 0 Å². The van der Waals surface area contributed by atoms with Gasteiger partial charge in [-0.25, -0.2) is 9.97 Å².